The fourth-order valence-electron chi connectivity index (χ4n) is 5.22. The van der Waals surface area contributed by atoms with E-state index in [2.05, 4.69) is 30.8 Å². The van der Waals surface area contributed by atoms with Gasteiger partial charge in [0, 0.05) is 49.8 Å². The topological polar surface area (TPSA) is 91.4 Å². The van der Waals surface area contributed by atoms with Crippen molar-refractivity contribution in [3.05, 3.63) is 65.0 Å². The number of anilines is 4. The first-order valence-corrected chi connectivity index (χ1v) is 12.9. The zero-order valence-corrected chi connectivity index (χ0v) is 22.1. The first-order chi connectivity index (χ1) is 18.6. The first-order valence-electron chi connectivity index (χ1n) is 12.9. The van der Waals surface area contributed by atoms with Crippen LogP contribution in [-0.2, 0) is 29.2 Å². The van der Waals surface area contributed by atoms with Crippen LogP contribution in [0.2, 0.25) is 0 Å². The molecule has 0 aliphatic carbocycles. The minimum atomic E-state index is -4.61. The van der Waals surface area contributed by atoms with E-state index < -0.39 is 17.2 Å². The summed E-state index contributed by atoms with van der Waals surface area (Å²) in [7, 11) is 1.54. The lowest BCUT2D eigenvalue weighted by Gasteiger charge is -2.30. The molecule has 1 fully saturated rings. The lowest BCUT2D eigenvalue weighted by Crippen LogP contribution is -2.43. The zero-order valence-electron chi connectivity index (χ0n) is 22.1. The van der Waals surface area contributed by atoms with Crippen LogP contribution in [0.4, 0.5) is 36.2 Å². The molecule has 2 aliphatic rings. The Kier molecular flexibility index (Phi) is 7.11. The molecule has 1 saturated heterocycles. The Labute approximate surface area is 225 Å². The van der Waals surface area contributed by atoms with E-state index in [-0.39, 0.29) is 30.4 Å². The van der Waals surface area contributed by atoms with Crippen molar-refractivity contribution < 1.29 is 22.7 Å². The number of carbonyl (C=O) groups is 1. The Bertz CT molecular complexity index is 1390. The maximum atomic E-state index is 13.9. The van der Waals surface area contributed by atoms with E-state index >= 15 is 0 Å². The van der Waals surface area contributed by atoms with Crippen molar-refractivity contribution in [2.24, 2.45) is 0 Å². The average Bonchev–Trinajstić information content (AvgIpc) is 3.15. The Morgan fingerprint density at radius 1 is 1.13 bits per heavy atom. The lowest BCUT2D eigenvalue weighted by molar-refractivity contribution is -0.138. The minimum absolute atomic E-state index is 0.0197. The van der Waals surface area contributed by atoms with Crippen molar-refractivity contribution in [2.45, 2.75) is 38.3 Å². The molecule has 11 heteroatoms. The molecule has 0 atom stereocenters. The first kappa shape index (κ1) is 26.7. The third kappa shape index (κ3) is 5.36. The second kappa shape index (κ2) is 10.4. The quantitative estimate of drug-likeness (QED) is 0.401. The normalized spacial score (nSPS) is 16.6. The predicted molar refractivity (Wildman–Crippen MR) is 144 cm³/mol. The highest BCUT2D eigenvalue weighted by Gasteiger charge is 2.40. The summed E-state index contributed by atoms with van der Waals surface area (Å²) in [6.07, 6.45) is -3.49. The summed E-state index contributed by atoms with van der Waals surface area (Å²) in [6.45, 7) is 7.14. The van der Waals surface area contributed by atoms with Gasteiger partial charge < -0.3 is 25.6 Å². The number of hydrogen-bond acceptors (Lipinski definition) is 7. The van der Waals surface area contributed by atoms with Gasteiger partial charge in [0.25, 0.3) is 0 Å². The number of halogens is 3. The maximum Gasteiger partial charge on any atom is 0.419 e. The fourth-order valence-corrected chi connectivity index (χ4v) is 5.22. The van der Waals surface area contributed by atoms with Crippen molar-refractivity contribution in [1.82, 2.24) is 15.3 Å². The van der Waals surface area contributed by atoms with E-state index in [1.54, 1.807) is 19.2 Å². The van der Waals surface area contributed by atoms with Crippen LogP contribution in [0.25, 0.3) is 0 Å². The molecule has 206 valence electrons. The molecular formula is C28H31F3N6O2. The van der Waals surface area contributed by atoms with Gasteiger partial charge in [0.15, 0.2) is 0 Å². The number of fused-ring (bicyclic) bond motifs is 1. The second-order valence-corrected chi connectivity index (χ2v) is 10.2. The third-order valence-corrected chi connectivity index (χ3v) is 7.31. The number of rotatable bonds is 7. The zero-order chi connectivity index (χ0) is 27.8. The number of benzene rings is 2. The van der Waals surface area contributed by atoms with Crippen LogP contribution in [0.3, 0.4) is 0 Å². The number of alkyl halides is 3. The van der Waals surface area contributed by atoms with Crippen LogP contribution < -0.4 is 25.6 Å². The van der Waals surface area contributed by atoms with Crippen molar-refractivity contribution in [1.29, 1.82) is 0 Å². The van der Waals surface area contributed by atoms with Crippen LogP contribution in [-0.4, -0.2) is 49.2 Å². The molecule has 2 aromatic carbocycles. The van der Waals surface area contributed by atoms with Gasteiger partial charge in [-0.15, -0.1) is 0 Å². The Balaban J connectivity index is 1.41. The fraction of sp³-hybridized carbons (Fsp3) is 0.393. The number of piperazine rings is 1. The number of ether oxygens (including phenoxy) is 1. The second-order valence-electron chi connectivity index (χ2n) is 10.2. The molecule has 2 aliphatic heterocycles. The number of aromatic nitrogens is 2. The van der Waals surface area contributed by atoms with E-state index in [0.717, 1.165) is 49.2 Å². The van der Waals surface area contributed by atoms with Crippen LogP contribution >= 0.6 is 0 Å². The van der Waals surface area contributed by atoms with Gasteiger partial charge in [0.2, 0.25) is 11.9 Å². The van der Waals surface area contributed by atoms with E-state index in [1.807, 2.05) is 38.1 Å². The number of amides is 1. The molecule has 5 rings (SSSR count). The van der Waals surface area contributed by atoms with Crippen molar-refractivity contribution in [2.75, 3.05) is 48.8 Å². The van der Waals surface area contributed by atoms with Gasteiger partial charge in [-0.05, 0) is 56.0 Å². The summed E-state index contributed by atoms with van der Waals surface area (Å²) in [5.74, 6) is 0.448. The number of hydrogen-bond donors (Lipinski definition) is 3. The predicted octanol–water partition coefficient (Wildman–Crippen LogP) is 4.67. The summed E-state index contributed by atoms with van der Waals surface area (Å²) in [4.78, 5) is 22.9. The van der Waals surface area contributed by atoms with Gasteiger partial charge in [-0.1, -0.05) is 12.1 Å². The summed E-state index contributed by atoms with van der Waals surface area (Å²) < 4.78 is 47.2. The van der Waals surface area contributed by atoms with Gasteiger partial charge in [0.05, 0.1) is 29.5 Å². The number of carbonyl (C=O) groups excluding carboxylic acids is 1. The maximum absolute atomic E-state index is 13.9. The highest BCUT2D eigenvalue weighted by atomic mass is 19.4. The van der Waals surface area contributed by atoms with Gasteiger partial charge in [0.1, 0.15) is 5.75 Å². The highest BCUT2D eigenvalue weighted by molar-refractivity contribution is 6.06. The average molecular weight is 541 g/mol. The molecule has 1 aromatic heterocycles. The number of nitrogens with one attached hydrogen (secondary N) is 3. The standard InChI is InChI=1S/C28H31F3N6O2/c1-27(2)24-17(5-4-6-22(24)34-25(27)38)7-9-20-19(28(29,30)31)16-33-26(35-20)36-21-10-8-18(15-23(21)39-3)37-13-11-32-12-14-37/h4-6,8,10,15-16,32H,7,9,11-14H2,1-3H3,(H,34,38)(H,33,35,36). The Morgan fingerprint density at radius 2 is 1.90 bits per heavy atom. The monoisotopic (exact) mass is 540 g/mol. The smallest absolute Gasteiger partial charge is 0.419 e. The Morgan fingerprint density at radius 3 is 2.62 bits per heavy atom. The van der Waals surface area contributed by atoms with Gasteiger partial charge in [-0.3, -0.25) is 4.79 Å². The minimum Gasteiger partial charge on any atom is -0.494 e. The molecule has 8 nitrogen and oxygen atoms in total. The van der Waals surface area contributed by atoms with Crippen molar-refractivity contribution >= 4 is 28.9 Å². The SMILES string of the molecule is COc1cc(N2CCNCC2)ccc1Nc1ncc(C(F)(F)F)c(CCc2cccc3c2C(C)(C)C(=O)N3)n1. The Hall–Kier alpha value is -3.86. The summed E-state index contributed by atoms with van der Waals surface area (Å²) >= 11 is 0. The van der Waals surface area contributed by atoms with Crippen LogP contribution in [0, 0.1) is 0 Å². The molecular weight excluding hydrogens is 509 g/mol. The molecule has 3 aromatic rings. The molecule has 0 unspecified atom stereocenters. The van der Waals surface area contributed by atoms with Crippen molar-refractivity contribution in [3.63, 3.8) is 0 Å². The molecule has 0 saturated carbocycles. The van der Waals surface area contributed by atoms with Crippen LogP contribution in [0.15, 0.2) is 42.6 Å². The largest absolute Gasteiger partial charge is 0.494 e. The van der Waals surface area contributed by atoms with E-state index in [4.69, 9.17) is 4.74 Å². The molecule has 3 N–H and O–H groups in total. The van der Waals surface area contributed by atoms with Gasteiger partial charge >= 0.3 is 6.18 Å². The van der Waals surface area contributed by atoms with Gasteiger partial charge in [-0.2, -0.15) is 13.2 Å². The third-order valence-electron chi connectivity index (χ3n) is 7.31. The van der Waals surface area contributed by atoms with E-state index in [0.29, 0.717) is 17.1 Å². The van der Waals surface area contributed by atoms with Crippen LogP contribution in [0.1, 0.15) is 36.2 Å². The van der Waals surface area contributed by atoms with Gasteiger partial charge in [-0.25, -0.2) is 9.97 Å². The van der Waals surface area contributed by atoms with Crippen molar-refractivity contribution in [3.8, 4) is 5.75 Å². The number of aryl methyl sites for hydroxylation is 2. The molecule has 0 radical (unpaired) electrons. The molecule has 3 heterocycles. The summed E-state index contributed by atoms with van der Waals surface area (Å²) in [5, 5.41) is 9.21. The molecule has 0 bridgehead atoms. The molecule has 39 heavy (non-hydrogen) atoms. The molecule has 1 amide bonds. The van der Waals surface area contributed by atoms with Crippen LogP contribution in [0.5, 0.6) is 5.75 Å². The van der Waals surface area contributed by atoms with E-state index in [9.17, 15) is 18.0 Å². The number of methoxy groups -OCH3 is 1. The van der Waals surface area contributed by atoms with E-state index in [1.165, 1.54) is 0 Å². The number of nitrogens with zero attached hydrogens (tertiary/aromatic N) is 3. The lowest BCUT2D eigenvalue weighted by atomic mass is 9.82. The summed E-state index contributed by atoms with van der Waals surface area (Å²) in [6, 6.07) is 11.1. The molecule has 0 spiro atoms. The highest BCUT2D eigenvalue weighted by Crippen LogP contribution is 2.40. The summed E-state index contributed by atoms with van der Waals surface area (Å²) in [5.41, 5.74) is 2.09.